The molecule has 2 heteroatoms. The third kappa shape index (κ3) is 1.80. The zero-order chi connectivity index (χ0) is 11.9. The van der Waals surface area contributed by atoms with Crippen LogP contribution in [-0.2, 0) is 13.1 Å². The Bertz CT molecular complexity index is 390. The summed E-state index contributed by atoms with van der Waals surface area (Å²) in [6, 6.07) is 8.82. The van der Waals surface area contributed by atoms with Crippen molar-refractivity contribution in [2.24, 2.45) is 11.7 Å². The maximum absolute atomic E-state index is 6.10. The first-order chi connectivity index (χ1) is 8.23. The summed E-state index contributed by atoms with van der Waals surface area (Å²) in [7, 11) is 0. The van der Waals surface area contributed by atoms with Gasteiger partial charge in [0.25, 0.3) is 0 Å². The van der Waals surface area contributed by atoms with E-state index in [1.54, 1.807) is 0 Å². The van der Waals surface area contributed by atoms with Crippen molar-refractivity contribution in [1.29, 1.82) is 0 Å². The molecule has 92 valence electrons. The van der Waals surface area contributed by atoms with Crippen molar-refractivity contribution in [2.45, 2.75) is 44.8 Å². The van der Waals surface area contributed by atoms with E-state index in [0.29, 0.717) is 0 Å². The molecular weight excluding hydrogens is 208 g/mol. The van der Waals surface area contributed by atoms with E-state index in [1.807, 2.05) is 0 Å². The van der Waals surface area contributed by atoms with Crippen molar-refractivity contribution in [3.05, 3.63) is 35.4 Å². The second kappa shape index (κ2) is 4.11. The van der Waals surface area contributed by atoms with Gasteiger partial charge >= 0.3 is 0 Å². The highest BCUT2D eigenvalue weighted by Crippen LogP contribution is 2.42. The van der Waals surface area contributed by atoms with Crippen LogP contribution in [0.3, 0.4) is 0 Å². The highest BCUT2D eigenvalue weighted by molar-refractivity contribution is 5.31. The van der Waals surface area contributed by atoms with Gasteiger partial charge in [0.2, 0.25) is 0 Å². The summed E-state index contributed by atoms with van der Waals surface area (Å²) in [6.07, 6.45) is 3.89. The topological polar surface area (TPSA) is 29.3 Å². The molecular formula is C15H22N2. The number of hydrogen-bond acceptors (Lipinski definition) is 2. The average molecular weight is 230 g/mol. The molecule has 1 saturated carbocycles. The lowest BCUT2D eigenvalue weighted by atomic mass is 9.94. The fourth-order valence-electron chi connectivity index (χ4n) is 3.64. The van der Waals surface area contributed by atoms with Crippen molar-refractivity contribution < 1.29 is 0 Å². The summed E-state index contributed by atoms with van der Waals surface area (Å²) in [5.41, 5.74) is 9.38. The van der Waals surface area contributed by atoms with E-state index in [0.717, 1.165) is 25.6 Å². The Kier molecular flexibility index (Phi) is 2.72. The van der Waals surface area contributed by atoms with E-state index in [4.69, 9.17) is 5.73 Å². The van der Waals surface area contributed by atoms with Gasteiger partial charge in [-0.2, -0.15) is 0 Å². The Balaban J connectivity index is 1.83. The molecule has 1 aliphatic heterocycles. The first-order valence-corrected chi connectivity index (χ1v) is 6.75. The summed E-state index contributed by atoms with van der Waals surface area (Å²) in [5.74, 6) is 0.835. The summed E-state index contributed by atoms with van der Waals surface area (Å²) in [6.45, 7) is 5.37. The van der Waals surface area contributed by atoms with E-state index in [9.17, 15) is 0 Å². The smallest absolute Gasteiger partial charge is 0.0341 e. The van der Waals surface area contributed by atoms with Gasteiger partial charge in [0, 0.05) is 25.2 Å². The van der Waals surface area contributed by atoms with Crippen molar-refractivity contribution >= 4 is 0 Å². The summed E-state index contributed by atoms with van der Waals surface area (Å²) in [5, 5.41) is 0. The largest absolute Gasteiger partial charge is 0.329 e. The van der Waals surface area contributed by atoms with Crippen molar-refractivity contribution in [3.63, 3.8) is 0 Å². The van der Waals surface area contributed by atoms with Gasteiger partial charge in [-0.1, -0.05) is 31.2 Å². The van der Waals surface area contributed by atoms with Gasteiger partial charge in [0.1, 0.15) is 0 Å². The molecule has 0 saturated heterocycles. The van der Waals surface area contributed by atoms with Gasteiger partial charge in [-0.05, 0) is 36.3 Å². The molecule has 1 aliphatic carbocycles. The zero-order valence-electron chi connectivity index (χ0n) is 10.7. The summed E-state index contributed by atoms with van der Waals surface area (Å²) in [4.78, 5) is 2.63. The second-order valence-electron chi connectivity index (χ2n) is 5.90. The highest BCUT2D eigenvalue weighted by Gasteiger charge is 2.43. The van der Waals surface area contributed by atoms with E-state index < -0.39 is 0 Å². The fourth-order valence-corrected chi connectivity index (χ4v) is 3.64. The molecule has 0 radical (unpaired) electrons. The van der Waals surface area contributed by atoms with E-state index in [-0.39, 0.29) is 5.54 Å². The molecule has 3 rings (SSSR count). The van der Waals surface area contributed by atoms with Crippen LogP contribution in [0, 0.1) is 5.92 Å². The number of fused-ring (bicyclic) bond motifs is 1. The van der Waals surface area contributed by atoms with Crippen molar-refractivity contribution in [1.82, 2.24) is 4.90 Å². The van der Waals surface area contributed by atoms with Crippen molar-refractivity contribution in [3.8, 4) is 0 Å². The van der Waals surface area contributed by atoms with Gasteiger partial charge in [0.15, 0.2) is 0 Å². The standard InChI is InChI=1S/C15H22N2/c1-12-6-7-15(8-12,11-16)17-9-13-4-2-3-5-14(13)10-17/h2-5,12H,6-11,16H2,1H3. The summed E-state index contributed by atoms with van der Waals surface area (Å²) < 4.78 is 0. The van der Waals surface area contributed by atoms with Gasteiger partial charge in [-0.15, -0.1) is 0 Å². The Morgan fingerprint density at radius 2 is 1.94 bits per heavy atom. The molecule has 2 aliphatic rings. The first kappa shape index (κ1) is 11.2. The number of nitrogens with zero attached hydrogens (tertiary/aromatic N) is 1. The number of rotatable bonds is 2. The molecule has 2 nitrogen and oxygen atoms in total. The monoisotopic (exact) mass is 230 g/mol. The molecule has 1 heterocycles. The maximum Gasteiger partial charge on any atom is 0.0341 e. The molecule has 0 bridgehead atoms. The number of benzene rings is 1. The van der Waals surface area contributed by atoms with Gasteiger partial charge in [0.05, 0.1) is 0 Å². The molecule has 0 spiro atoms. The van der Waals surface area contributed by atoms with Gasteiger partial charge in [-0.3, -0.25) is 4.90 Å². The first-order valence-electron chi connectivity index (χ1n) is 6.75. The van der Waals surface area contributed by atoms with Gasteiger partial charge in [-0.25, -0.2) is 0 Å². The third-order valence-electron chi connectivity index (χ3n) is 4.72. The van der Waals surface area contributed by atoms with Crippen LogP contribution in [0.1, 0.15) is 37.3 Å². The fraction of sp³-hybridized carbons (Fsp3) is 0.600. The van der Waals surface area contributed by atoms with Crippen LogP contribution in [0.2, 0.25) is 0 Å². The lowest BCUT2D eigenvalue weighted by Crippen LogP contribution is -2.49. The maximum atomic E-state index is 6.10. The molecule has 2 unspecified atom stereocenters. The Morgan fingerprint density at radius 1 is 1.29 bits per heavy atom. The van der Waals surface area contributed by atoms with Crippen LogP contribution in [-0.4, -0.2) is 17.0 Å². The molecule has 2 N–H and O–H groups in total. The lowest BCUT2D eigenvalue weighted by molar-refractivity contribution is 0.0933. The minimum Gasteiger partial charge on any atom is -0.329 e. The minimum absolute atomic E-state index is 0.276. The molecule has 1 aromatic carbocycles. The second-order valence-corrected chi connectivity index (χ2v) is 5.90. The lowest BCUT2D eigenvalue weighted by Gasteiger charge is -2.38. The number of hydrogen-bond donors (Lipinski definition) is 1. The summed E-state index contributed by atoms with van der Waals surface area (Å²) >= 11 is 0. The Morgan fingerprint density at radius 3 is 2.41 bits per heavy atom. The normalized spacial score (nSPS) is 32.9. The predicted octanol–water partition coefficient (Wildman–Crippen LogP) is 2.52. The van der Waals surface area contributed by atoms with Crippen LogP contribution in [0.15, 0.2) is 24.3 Å². The van der Waals surface area contributed by atoms with Crippen molar-refractivity contribution in [2.75, 3.05) is 6.54 Å². The molecule has 17 heavy (non-hydrogen) atoms. The van der Waals surface area contributed by atoms with Crippen LogP contribution >= 0.6 is 0 Å². The average Bonchev–Trinajstić information content (AvgIpc) is 2.93. The SMILES string of the molecule is CC1CCC(CN)(N2Cc3ccccc3C2)C1. The molecule has 1 aromatic rings. The Labute approximate surface area is 104 Å². The highest BCUT2D eigenvalue weighted by atomic mass is 15.2. The van der Waals surface area contributed by atoms with Crippen LogP contribution in [0.5, 0.6) is 0 Å². The van der Waals surface area contributed by atoms with Crippen LogP contribution in [0.4, 0.5) is 0 Å². The van der Waals surface area contributed by atoms with Gasteiger partial charge < -0.3 is 5.73 Å². The third-order valence-corrected chi connectivity index (χ3v) is 4.72. The predicted molar refractivity (Wildman–Crippen MR) is 70.5 cm³/mol. The molecule has 2 atom stereocenters. The van der Waals surface area contributed by atoms with E-state index in [2.05, 4.69) is 36.1 Å². The quantitative estimate of drug-likeness (QED) is 0.846. The molecule has 1 fully saturated rings. The minimum atomic E-state index is 0.276. The van der Waals surface area contributed by atoms with E-state index >= 15 is 0 Å². The number of nitrogens with two attached hydrogens (primary N) is 1. The van der Waals surface area contributed by atoms with E-state index in [1.165, 1.54) is 30.4 Å². The molecule has 0 aromatic heterocycles. The van der Waals surface area contributed by atoms with Crippen LogP contribution in [0.25, 0.3) is 0 Å². The van der Waals surface area contributed by atoms with Crippen LogP contribution < -0.4 is 5.73 Å². The zero-order valence-corrected chi connectivity index (χ0v) is 10.7. The molecule has 0 amide bonds. The Hall–Kier alpha value is -0.860.